The Labute approximate surface area is 144 Å². The van der Waals surface area contributed by atoms with Crippen molar-refractivity contribution in [2.75, 3.05) is 12.0 Å². The Morgan fingerprint density at radius 3 is 2.80 bits per heavy atom. The third kappa shape index (κ3) is 2.65. The summed E-state index contributed by atoms with van der Waals surface area (Å²) in [5.74, 6) is -0.566. The zero-order valence-electron chi connectivity index (χ0n) is 13.8. The zero-order chi connectivity index (χ0) is 17.4. The van der Waals surface area contributed by atoms with Crippen LogP contribution in [0.4, 0.5) is 5.69 Å². The molecular formula is C19H17N3O3. The Bertz CT molecular complexity index is 930. The molecule has 0 saturated carbocycles. The van der Waals surface area contributed by atoms with Crippen LogP contribution in [0.3, 0.4) is 0 Å². The summed E-state index contributed by atoms with van der Waals surface area (Å²) < 4.78 is 6.76. The number of amides is 1. The summed E-state index contributed by atoms with van der Waals surface area (Å²) in [4.78, 5) is 31.1. The number of nitrogens with zero attached hydrogens (tertiary/aromatic N) is 3. The summed E-state index contributed by atoms with van der Waals surface area (Å²) in [6.45, 7) is 0. The van der Waals surface area contributed by atoms with Crippen molar-refractivity contribution < 1.29 is 14.3 Å². The first-order valence-electron chi connectivity index (χ1n) is 8.08. The highest BCUT2D eigenvalue weighted by molar-refractivity contribution is 6.03. The van der Waals surface area contributed by atoms with Crippen LogP contribution in [0.2, 0.25) is 0 Å². The lowest BCUT2D eigenvalue weighted by Crippen LogP contribution is -2.44. The van der Waals surface area contributed by atoms with Gasteiger partial charge in [-0.1, -0.05) is 24.3 Å². The van der Waals surface area contributed by atoms with E-state index in [1.165, 1.54) is 7.11 Å². The minimum Gasteiger partial charge on any atom is -0.467 e. The molecule has 6 heteroatoms. The number of rotatable bonds is 3. The Morgan fingerprint density at radius 1 is 1.20 bits per heavy atom. The molecule has 0 bridgehead atoms. The number of carbonyl (C=O) groups is 2. The van der Waals surface area contributed by atoms with Crippen LogP contribution in [0.15, 0.2) is 54.9 Å². The number of fused-ring (bicyclic) bond motifs is 2. The number of hydrogen-bond acceptors (Lipinski definition) is 4. The number of carbonyl (C=O) groups excluding carboxylic acids is 2. The second-order valence-corrected chi connectivity index (χ2v) is 6.01. The fraction of sp³-hybridized carbons (Fsp3) is 0.211. The van der Waals surface area contributed by atoms with Gasteiger partial charge < -0.3 is 9.14 Å². The molecule has 0 fully saturated rings. The number of anilines is 1. The summed E-state index contributed by atoms with van der Waals surface area (Å²) in [5, 5.41) is 0. The van der Waals surface area contributed by atoms with Crippen molar-refractivity contribution in [3.8, 4) is 0 Å². The molecule has 1 amide bonds. The zero-order valence-corrected chi connectivity index (χ0v) is 13.8. The van der Waals surface area contributed by atoms with Gasteiger partial charge in [0, 0.05) is 24.5 Å². The first-order chi connectivity index (χ1) is 12.2. The number of para-hydroxylation sites is 1. The molecule has 1 aliphatic heterocycles. The molecular weight excluding hydrogens is 318 g/mol. The minimum atomic E-state index is -0.619. The maximum Gasteiger partial charge on any atom is 0.329 e. The van der Waals surface area contributed by atoms with Gasteiger partial charge in [-0.05, 0) is 23.8 Å². The van der Waals surface area contributed by atoms with E-state index in [4.69, 9.17) is 4.74 Å². The average molecular weight is 335 g/mol. The lowest BCUT2D eigenvalue weighted by atomic mass is 10.1. The smallest absolute Gasteiger partial charge is 0.329 e. The van der Waals surface area contributed by atoms with Gasteiger partial charge in [0.2, 0.25) is 5.91 Å². The first-order valence-corrected chi connectivity index (χ1v) is 8.08. The van der Waals surface area contributed by atoms with Crippen LogP contribution >= 0.6 is 0 Å². The van der Waals surface area contributed by atoms with Crippen molar-refractivity contribution in [3.63, 3.8) is 0 Å². The van der Waals surface area contributed by atoms with Gasteiger partial charge >= 0.3 is 5.97 Å². The van der Waals surface area contributed by atoms with E-state index in [0.29, 0.717) is 12.1 Å². The van der Waals surface area contributed by atoms with Crippen LogP contribution in [0.5, 0.6) is 0 Å². The third-order valence-electron chi connectivity index (χ3n) is 4.46. The molecule has 4 rings (SSSR count). The topological polar surface area (TPSA) is 63.9 Å². The van der Waals surface area contributed by atoms with Crippen molar-refractivity contribution in [2.24, 2.45) is 0 Å². The van der Waals surface area contributed by atoms with Crippen LogP contribution < -0.4 is 4.90 Å². The summed E-state index contributed by atoms with van der Waals surface area (Å²) >= 11 is 0. The second-order valence-electron chi connectivity index (χ2n) is 6.01. The molecule has 0 unspecified atom stereocenters. The summed E-state index contributed by atoms with van der Waals surface area (Å²) in [6, 6.07) is 12.6. The lowest BCUT2D eigenvalue weighted by Gasteiger charge is -2.23. The highest BCUT2D eigenvalue weighted by Gasteiger charge is 2.38. The number of pyridine rings is 1. The highest BCUT2D eigenvalue weighted by Crippen LogP contribution is 2.33. The number of hydrogen-bond donors (Lipinski definition) is 0. The van der Waals surface area contributed by atoms with E-state index in [2.05, 4.69) is 4.98 Å². The molecule has 0 spiro atoms. The lowest BCUT2D eigenvalue weighted by molar-refractivity contribution is -0.143. The second kappa shape index (κ2) is 6.05. The Kier molecular flexibility index (Phi) is 3.72. The molecule has 3 aromatic rings. The largest absolute Gasteiger partial charge is 0.467 e. The maximum atomic E-state index is 13.0. The van der Waals surface area contributed by atoms with Gasteiger partial charge in [0.15, 0.2) is 0 Å². The van der Waals surface area contributed by atoms with Crippen molar-refractivity contribution in [2.45, 2.75) is 18.9 Å². The summed E-state index contributed by atoms with van der Waals surface area (Å²) in [5.41, 5.74) is 3.20. The molecule has 126 valence electrons. The van der Waals surface area contributed by atoms with Crippen molar-refractivity contribution in [3.05, 3.63) is 66.1 Å². The maximum absolute atomic E-state index is 13.0. The average Bonchev–Trinajstić information content (AvgIpc) is 3.21. The van der Waals surface area contributed by atoms with Gasteiger partial charge in [0.1, 0.15) is 11.7 Å². The summed E-state index contributed by atoms with van der Waals surface area (Å²) in [7, 11) is 1.34. The molecule has 0 saturated heterocycles. The van der Waals surface area contributed by atoms with E-state index in [1.54, 1.807) is 4.90 Å². The monoisotopic (exact) mass is 335 g/mol. The van der Waals surface area contributed by atoms with Crippen LogP contribution in [0.25, 0.3) is 5.65 Å². The van der Waals surface area contributed by atoms with Gasteiger partial charge in [-0.15, -0.1) is 0 Å². The molecule has 1 atom stereocenters. The molecule has 0 aliphatic carbocycles. The normalized spacial score (nSPS) is 16.0. The fourth-order valence-corrected chi connectivity index (χ4v) is 3.33. The third-order valence-corrected chi connectivity index (χ3v) is 4.46. The number of benzene rings is 1. The number of aromatic nitrogens is 2. The van der Waals surface area contributed by atoms with Gasteiger partial charge in [0.25, 0.3) is 0 Å². The molecule has 1 aliphatic rings. The number of methoxy groups -OCH3 is 1. The first kappa shape index (κ1) is 15.4. The quantitative estimate of drug-likeness (QED) is 0.687. The van der Waals surface area contributed by atoms with E-state index in [-0.39, 0.29) is 12.3 Å². The van der Waals surface area contributed by atoms with Crippen LogP contribution in [0.1, 0.15) is 11.3 Å². The van der Waals surface area contributed by atoms with E-state index < -0.39 is 12.0 Å². The fourth-order valence-electron chi connectivity index (χ4n) is 3.33. The Morgan fingerprint density at radius 2 is 2.00 bits per heavy atom. The van der Waals surface area contributed by atoms with Crippen LogP contribution in [-0.2, 0) is 27.2 Å². The predicted octanol–water partition coefficient (Wildman–Crippen LogP) is 2.01. The van der Waals surface area contributed by atoms with Crippen molar-refractivity contribution in [1.82, 2.24) is 9.38 Å². The molecule has 2 aromatic heterocycles. The van der Waals surface area contributed by atoms with E-state index in [1.807, 2.05) is 59.3 Å². The van der Waals surface area contributed by atoms with Crippen LogP contribution in [0, 0.1) is 0 Å². The molecule has 3 heterocycles. The highest BCUT2D eigenvalue weighted by atomic mass is 16.5. The van der Waals surface area contributed by atoms with Gasteiger partial charge in [-0.3, -0.25) is 9.69 Å². The standard InChI is InChI=1S/C19H17N3O3/c1-25-19(24)16-10-13-6-2-3-7-15(13)22(16)18(23)11-14-12-21-9-5-4-8-17(21)20-14/h2-9,12,16H,10-11H2,1H3/t16-/m0/s1. The molecule has 1 aromatic carbocycles. The Hall–Kier alpha value is -3.15. The molecule has 0 radical (unpaired) electrons. The van der Waals surface area contributed by atoms with E-state index in [0.717, 1.165) is 16.9 Å². The number of imidazole rings is 1. The molecule has 25 heavy (non-hydrogen) atoms. The molecule has 0 N–H and O–H groups in total. The predicted molar refractivity (Wildman–Crippen MR) is 92.3 cm³/mol. The van der Waals surface area contributed by atoms with Gasteiger partial charge in [0.05, 0.1) is 19.2 Å². The SMILES string of the molecule is COC(=O)[C@@H]1Cc2ccccc2N1C(=O)Cc1cn2ccccc2n1. The van der Waals surface area contributed by atoms with Gasteiger partial charge in [-0.2, -0.15) is 0 Å². The van der Waals surface area contributed by atoms with Crippen LogP contribution in [-0.4, -0.2) is 34.4 Å². The molecule has 6 nitrogen and oxygen atoms in total. The van der Waals surface area contributed by atoms with E-state index in [9.17, 15) is 9.59 Å². The van der Waals surface area contributed by atoms with Crippen molar-refractivity contribution in [1.29, 1.82) is 0 Å². The Balaban J connectivity index is 1.65. The van der Waals surface area contributed by atoms with Crippen molar-refractivity contribution >= 4 is 23.2 Å². The summed E-state index contributed by atoms with van der Waals surface area (Å²) in [6.07, 6.45) is 4.32. The van der Waals surface area contributed by atoms with E-state index >= 15 is 0 Å². The minimum absolute atomic E-state index is 0.128. The number of ether oxygens (including phenoxy) is 1. The van der Waals surface area contributed by atoms with Gasteiger partial charge in [-0.25, -0.2) is 9.78 Å². The number of esters is 1.